The molecule has 0 atom stereocenters. The van der Waals surface area contributed by atoms with Gasteiger partial charge < -0.3 is 10.1 Å². The number of ether oxygens (including phenoxy) is 1. The number of carbonyl (C=O) groups excluding carboxylic acids is 1. The van der Waals surface area contributed by atoms with Crippen molar-refractivity contribution in [3.8, 4) is 17.6 Å². The first-order valence-electron chi connectivity index (χ1n) is 6.85. The maximum Gasteiger partial charge on any atom is 0.252 e. The molecule has 0 saturated heterocycles. The summed E-state index contributed by atoms with van der Waals surface area (Å²) in [5.41, 5.74) is 1.74. The standard InChI is InChI=1S/C18H16ClNO2/c1-14-8-10-15(11-9-14)18(21)20-12-4-5-13-22-17-7-3-2-6-16(17)19/h2-3,6-11H,12-13H2,1H3,(H,20,21). The van der Waals surface area contributed by atoms with E-state index < -0.39 is 0 Å². The van der Waals surface area contributed by atoms with Crippen LogP contribution in [-0.2, 0) is 0 Å². The van der Waals surface area contributed by atoms with Crippen LogP contribution in [0.25, 0.3) is 0 Å². The van der Waals surface area contributed by atoms with Gasteiger partial charge in [-0.1, -0.05) is 53.3 Å². The van der Waals surface area contributed by atoms with Gasteiger partial charge in [0.2, 0.25) is 0 Å². The first-order valence-corrected chi connectivity index (χ1v) is 7.22. The minimum Gasteiger partial charge on any atom is -0.479 e. The molecule has 0 aliphatic heterocycles. The van der Waals surface area contributed by atoms with Gasteiger partial charge in [-0.05, 0) is 31.2 Å². The largest absolute Gasteiger partial charge is 0.479 e. The Hall–Kier alpha value is -2.44. The Morgan fingerprint density at radius 3 is 2.59 bits per heavy atom. The number of nitrogens with one attached hydrogen (secondary N) is 1. The number of para-hydroxylation sites is 1. The fourth-order valence-corrected chi connectivity index (χ4v) is 1.91. The monoisotopic (exact) mass is 313 g/mol. The van der Waals surface area contributed by atoms with Gasteiger partial charge >= 0.3 is 0 Å². The lowest BCUT2D eigenvalue weighted by Crippen LogP contribution is -2.23. The third-order valence-corrected chi connectivity index (χ3v) is 3.22. The number of aryl methyl sites for hydroxylation is 1. The molecule has 0 bridgehead atoms. The van der Waals surface area contributed by atoms with E-state index in [0.717, 1.165) is 5.56 Å². The third kappa shape index (κ3) is 4.83. The van der Waals surface area contributed by atoms with Gasteiger partial charge in [-0.15, -0.1) is 0 Å². The smallest absolute Gasteiger partial charge is 0.252 e. The Morgan fingerprint density at radius 1 is 1.14 bits per heavy atom. The fourth-order valence-electron chi connectivity index (χ4n) is 1.72. The number of rotatable bonds is 4. The topological polar surface area (TPSA) is 38.3 Å². The molecule has 0 fully saturated rings. The van der Waals surface area contributed by atoms with Crippen molar-refractivity contribution in [2.45, 2.75) is 6.92 Å². The maximum atomic E-state index is 11.8. The molecule has 0 aliphatic carbocycles. The molecule has 2 rings (SSSR count). The van der Waals surface area contributed by atoms with E-state index in [1.54, 1.807) is 24.3 Å². The second-order valence-electron chi connectivity index (χ2n) is 4.62. The van der Waals surface area contributed by atoms with E-state index in [9.17, 15) is 4.79 Å². The highest BCUT2D eigenvalue weighted by Gasteiger charge is 2.02. The van der Waals surface area contributed by atoms with Gasteiger partial charge in [0.1, 0.15) is 12.4 Å². The number of amides is 1. The highest BCUT2D eigenvalue weighted by molar-refractivity contribution is 6.32. The van der Waals surface area contributed by atoms with Crippen LogP contribution in [0.4, 0.5) is 0 Å². The van der Waals surface area contributed by atoms with E-state index in [-0.39, 0.29) is 19.1 Å². The van der Waals surface area contributed by atoms with Crippen molar-refractivity contribution in [3.05, 3.63) is 64.7 Å². The number of benzene rings is 2. The second-order valence-corrected chi connectivity index (χ2v) is 5.03. The zero-order valence-corrected chi connectivity index (χ0v) is 13.0. The number of hydrogen-bond donors (Lipinski definition) is 1. The Kier molecular flexibility index (Phi) is 5.88. The van der Waals surface area contributed by atoms with Crippen LogP contribution in [0.15, 0.2) is 48.5 Å². The highest BCUT2D eigenvalue weighted by Crippen LogP contribution is 2.22. The summed E-state index contributed by atoms with van der Waals surface area (Å²) in [5.74, 6) is 6.13. The van der Waals surface area contributed by atoms with Gasteiger partial charge in [0.25, 0.3) is 5.91 Å². The van der Waals surface area contributed by atoms with E-state index in [4.69, 9.17) is 16.3 Å². The summed E-state index contributed by atoms with van der Waals surface area (Å²) in [5, 5.41) is 3.29. The average molecular weight is 314 g/mol. The summed E-state index contributed by atoms with van der Waals surface area (Å²) in [4.78, 5) is 11.8. The van der Waals surface area contributed by atoms with Gasteiger partial charge in [-0.25, -0.2) is 0 Å². The van der Waals surface area contributed by atoms with Crippen LogP contribution in [0.2, 0.25) is 5.02 Å². The highest BCUT2D eigenvalue weighted by atomic mass is 35.5. The molecule has 1 amide bonds. The SMILES string of the molecule is Cc1ccc(C(=O)NCC#CCOc2ccccc2Cl)cc1. The molecule has 0 unspecified atom stereocenters. The zero-order valence-electron chi connectivity index (χ0n) is 12.2. The van der Waals surface area contributed by atoms with Crippen LogP contribution in [0.5, 0.6) is 5.75 Å². The van der Waals surface area contributed by atoms with Crippen LogP contribution in [0.1, 0.15) is 15.9 Å². The van der Waals surface area contributed by atoms with Crippen molar-refractivity contribution in [1.29, 1.82) is 0 Å². The summed E-state index contributed by atoms with van der Waals surface area (Å²) in [6, 6.07) is 14.6. The van der Waals surface area contributed by atoms with Gasteiger partial charge in [0.05, 0.1) is 11.6 Å². The van der Waals surface area contributed by atoms with E-state index in [1.807, 2.05) is 31.2 Å². The molecule has 22 heavy (non-hydrogen) atoms. The molecule has 0 saturated carbocycles. The normalized spacial score (nSPS) is 9.55. The minimum absolute atomic E-state index is 0.138. The van der Waals surface area contributed by atoms with Crippen molar-refractivity contribution >= 4 is 17.5 Å². The zero-order chi connectivity index (χ0) is 15.8. The van der Waals surface area contributed by atoms with Crippen molar-refractivity contribution in [2.24, 2.45) is 0 Å². The van der Waals surface area contributed by atoms with Crippen molar-refractivity contribution < 1.29 is 9.53 Å². The molecule has 0 aliphatic rings. The first kappa shape index (κ1) is 15.9. The summed E-state index contributed by atoms with van der Waals surface area (Å²) >= 11 is 5.95. The predicted octanol–water partition coefficient (Wildman–Crippen LogP) is 3.46. The molecule has 0 radical (unpaired) electrons. The third-order valence-electron chi connectivity index (χ3n) is 2.91. The number of carbonyl (C=O) groups is 1. The van der Waals surface area contributed by atoms with Crippen molar-refractivity contribution in [2.75, 3.05) is 13.2 Å². The average Bonchev–Trinajstić information content (AvgIpc) is 2.53. The molecule has 2 aromatic rings. The molecule has 4 heteroatoms. The predicted molar refractivity (Wildman–Crippen MR) is 88.2 cm³/mol. The molecule has 1 N–H and O–H groups in total. The minimum atomic E-state index is -0.138. The number of halogens is 1. The van der Waals surface area contributed by atoms with Crippen LogP contribution >= 0.6 is 11.6 Å². The Balaban J connectivity index is 1.74. The van der Waals surface area contributed by atoms with Crippen molar-refractivity contribution in [3.63, 3.8) is 0 Å². The molecule has 2 aromatic carbocycles. The lowest BCUT2D eigenvalue weighted by molar-refractivity contribution is 0.0958. The maximum absolute atomic E-state index is 11.8. The summed E-state index contributed by atoms with van der Waals surface area (Å²) in [6.45, 7) is 2.48. The molecular formula is C18H16ClNO2. The summed E-state index contributed by atoms with van der Waals surface area (Å²) in [7, 11) is 0. The van der Waals surface area contributed by atoms with Crippen LogP contribution in [0, 0.1) is 18.8 Å². The Labute approximate surface area is 135 Å². The molecule has 3 nitrogen and oxygen atoms in total. The molecule has 0 heterocycles. The molecule has 0 spiro atoms. The first-order chi connectivity index (χ1) is 10.7. The summed E-state index contributed by atoms with van der Waals surface area (Å²) < 4.78 is 5.42. The molecular weight excluding hydrogens is 298 g/mol. The van der Waals surface area contributed by atoms with Gasteiger partial charge in [-0.3, -0.25) is 4.79 Å². The van der Waals surface area contributed by atoms with Gasteiger partial charge in [-0.2, -0.15) is 0 Å². The van der Waals surface area contributed by atoms with E-state index in [0.29, 0.717) is 16.3 Å². The van der Waals surface area contributed by atoms with E-state index in [2.05, 4.69) is 17.2 Å². The van der Waals surface area contributed by atoms with Gasteiger partial charge in [0, 0.05) is 5.56 Å². The van der Waals surface area contributed by atoms with Crippen LogP contribution < -0.4 is 10.1 Å². The number of hydrogen-bond acceptors (Lipinski definition) is 2. The van der Waals surface area contributed by atoms with Crippen molar-refractivity contribution in [1.82, 2.24) is 5.32 Å². The fraction of sp³-hybridized carbons (Fsp3) is 0.167. The quantitative estimate of drug-likeness (QED) is 0.878. The van der Waals surface area contributed by atoms with Crippen LogP contribution in [-0.4, -0.2) is 19.1 Å². The molecule has 0 aromatic heterocycles. The van der Waals surface area contributed by atoms with E-state index >= 15 is 0 Å². The molecule has 112 valence electrons. The lowest BCUT2D eigenvalue weighted by atomic mass is 10.1. The second kappa shape index (κ2) is 8.11. The lowest BCUT2D eigenvalue weighted by Gasteiger charge is -2.03. The Morgan fingerprint density at radius 2 is 1.86 bits per heavy atom. The summed E-state index contributed by atoms with van der Waals surface area (Å²) in [6.07, 6.45) is 0. The van der Waals surface area contributed by atoms with Gasteiger partial charge in [0.15, 0.2) is 0 Å². The Bertz CT molecular complexity index is 699. The van der Waals surface area contributed by atoms with E-state index in [1.165, 1.54) is 0 Å². The van der Waals surface area contributed by atoms with Crippen LogP contribution in [0.3, 0.4) is 0 Å².